The number of hydrogen-bond donors (Lipinski definition) is 0. The summed E-state index contributed by atoms with van der Waals surface area (Å²) in [4.78, 5) is 0. The standard InChI is InChI=1S/C46H37N3/c1-46(2,34-10-4-3-5-11-34)35-20-24-37(25-21-35)49-43-15-9-7-13-39(43)41-29-33(19-27-45(41)49)32-18-26-44-40(28-32)38-12-6-8-14-42(38)48(44)36-22-16-31(30-47)17-23-36/h3-6,8-12,14-16,18-29,31H,7,13,17H2,1-2H3. The molecule has 0 saturated carbocycles. The lowest BCUT2D eigenvalue weighted by atomic mass is 9.78. The van der Waals surface area contributed by atoms with Gasteiger partial charge in [0.1, 0.15) is 0 Å². The molecule has 49 heavy (non-hydrogen) atoms. The van der Waals surface area contributed by atoms with Gasteiger partial charge in [0.25, 0.3) is 0 Å². The molecule has 3 heteroatoms. The van der Waals surface area contributed by atoms with Gasteiger partial charge in [-0.1, -0.05) is 105 Å². The van der Waals surface area contributed by atoms with Gasteiger partial charge < -0.3 is 9.13 Å². The van der Waals surface area contributed by atoms with Gasteiger partial charge in [0.15, 0.2) is 0 Å². The Kier molecular flexibility index (Phi) is 6.81. The number of aromatic nitrogens is 2. The Morgan fingerprint density at radius 2 is 1.35 bits per heavy atom. The van der Waals surface area contributed by atoms with E-state index in [-0.39, 0.29) is 11.3 Å². The molecule has 2 aliphatic carbocycles. The lowest BCUT2D eigenvalue weighted by Crippen LogP contribution is -2.18. The van der Waals surface area contributed by atoms with Crippen LogP contribution in [0, 0.1) is 17.2 Å². The summed E-state index contributed by atoms with van der Waals surface area (Å²) in [5.41, 5.74) is 13.7. The summed E-state index contributed by atoms with van der Waals surface area (Å²) in [6.45, 7) is 4.61. The third-order valence-electron chi connectivity index (χ3n) is 10.8. The van der Waals surface area contributed by atoms with Crippen LogP contribution in [0.1, 0.15) is 49.1 Å². The summed E-state index contributed by atoms with van der Waals surface area (Å²) in [6, 6.07) is 44.9. The minimum atomic E-state index is -0.0787. The summed E-state index contributed by atoms with van der Waals surface area (Å²) >= 11 is 0. The highest BCUT2D eigenvalue weighted by molar-refractivity contribution is 6.11. The molecule has 0 saturated heterocycles. The topological polar surface area (TPSA) is 33.6 Å². The maximum absolute atomic E-state index is 9.41. The van der Waals surface area contributed by atoms with E-state index < -0.39 is 0 Å². The van der Waals surface area contributed by atoms with E-state index in [1.807, 2.05) is 6.08 Å². The molecule has 0 aliphatic heterocycles. The third-order valence-corrected chi connectivity index (χ3v) is 10.8. The lowest BCUT2D eigenvalue weighted by Gasteiger charge is -2.26. The molecule has 1 atom stereocenters. The number of fused-ring (bicyclic) bond motifs is 6. The van der Waals surface area contributed by atoms with Gasteiger partial charge in [0.05, 0.1) is 28.5 Å². The SMILES string of the molecule is CC(C)(c1ccccc1)c1ccc(-n2c3c(c4cc(-c5ccc6c(c5)c5ccccc5n6C5=CCC(C#N)C=C5)ccc42)CCC=C3)cc1. The quantitative estimate of drug-likeness (QED) is 0.186. The molecule has 0 N–H and O–H groups in total. The monoisotopic (exact) mass is 631 g/mol. The predicted molar refractivity (Wildman–Crippen MR) is 205 cm³/mol. The molecule has 5 aromatic carbocycles. The van der Waals surface area contributed by atoms with Crippen LogP contribution in [0.3, 0.4) is 0 Å². The Morgan fingerprint density at radius 1 is 0.673 bits per heavy atom. The highest BCUT2D eigenvalue weighted by atomic mass is 15.0. The summed E-state index contributed by atoms with van der Waals surface area (Å²) in [5.74, 6) is -0.0550. The van der Waals surface area contributed by atoms with Gasteiger partial charge in [-0.25, -0.2) is 0 Å². The number of hydrogen-bond acceptors (Lipinski definition) is 1. The van der Waals surface area contributed by atoms with E-state index in [0.29, 0.717) is 0 Å². The first-order valence-corrected chi connectivity index (χ1v) is 17.3. The van der Waals surface area contributed by atoms with Crippen LogP contribution in [0.5, 0.6) is 0 Å². The number of nitrogens with zero attached hydrogens (tertiary/aromatic N) is 3. The van der Waals surface area contributed by atoms with Crippen LogP contribution < -0.4 is 0 Å². The Balaban J connectivity index is 1.14. The average molecular weight is 632 g/mol. The molecule has 2 aromatic heterocycles. The molecule has 0 radical (unpaired) electrons. The molecule has 2 aliphatic rings. The van der Waals surface area contributed by atoms with Crippen molar-refractivity contribution in [1.82, 2.24) is 9.13 Å². The van der Waals surface area contributed by atoms with Gasteiger partial charge in [0, 0.05) is 38.7 Å². The summed E-state index contributed by atoms with van der Waals surface area (Å²) in [7, 11) is 0. The highest BCUT2D eigenvalue weighted by Crippen LogP contribution is 2.40. The molecule has 3 nitrogen and oxygen atoms in total. The Morgan fingerprint density at radius 3 is 2.08 bits per heavy atom. The fraction of sp³-hybridized carbons (Fsp3) is 0.152. The number of rotatable bonds is 5. The van der Waals surface area contributed by atoms with Crippen molar-refractivity contribution in [2.24, 2.45) is 5.92 Å². The zero-order chi connectivity index (χ0) is 33.1. The number of benzene rings is 5. The fourth-order valence-electron chi connectivity index (χ4n) is 8.04. The molecule has 7 aromatic rings. The van der Waals surface area contributed by atoms with Gasteiger partial charge >= 0.3 is 0 Å². The second kappa shape index (κ2) is 11.4. The second-order valence-electron chi connectivity index (χ2n) is 14.0. The fourth-order valence-corrected chi connectivity index (χ4v) is 8.04. The van der Waals surface area contributed by atoms with E-state index in [1.54, 1.807) is 0 Å². The average Bonchev–Trinajstić information content (AvgIpc) is 3.67. The van der Waals surface area contributed by atoms with Crippen molar-refractivity contribution < 1.29 is 0 Å². The van der Waals surface area contributed by atoms with Gasteiger partial charge in [-0.2, -0.15) is 5.26 Å². The normalized spacial score (nSPS) is 15.9. The van der Waals surface area contributed by atoms with Crippen LogP contribution in [0.15, 0.2) is 140 Å². The zero-order valence-corrected chi connectivity index (χ0v) is 27.9. The van der Waals surface area contributed by atoms with E-state index in [4.69, 9.17) is 0 Å². The number of nitriles is 1. The van der Waals surface area contributed by atoms with Crippen molar-refractivity contribution >= 4 is 44.5 Å². The van der Waals surface area contributed by atoms with Gasteiger partial charge in [-0.3, -0.25) is 0 Å². The molecule has 0 fully saturated rings. The minimum absolute atomic E-state index is 0.0550. The molecular weight excluding hydrogens is 595 g/mol. The Bertz CT molecular complexity index is 2540. The van der Waals surface area contributed by atoms with Crippen LogP contribution >= 0.6 is 0 Å². The van der Waals surface area contributed by atoms with Crippen LogP contribution in [-0.4, -0.2) is 9.13 Å². The van der Waals surface area contributed by atoms with Crippen LogP contribution in [0.25, 0.3) is 61.3 Å². The summed E-state index contributed by atoms with van der Waals surface area (Å²) in [5, 5.41) is 13.2. The molecule has 0 spiro atoms. The first kappa shape index (κ1) is 29.3. The van der Waals surface area contributed by atoms with Crippen molar-refractivity contribution in [3.05, 3.63) is 162 Å². The van der Waals surface area contributed by atoms with E-state index in [1.165, 1.54) is 71.9 Å². The van der Waals surface area contributed by atoms with Crippen LogP contribution in [0.2, 0.25) is 0 Å². The lowest BCUT2D eigenvalue weighted by molar-refractivity contribution is 0.640. The van der Waals surface area contributed by atoms with E-state index >= 15 is 0 Å². The van der Waals surface area contributed by atoms with Crippen molar-refractivity contribution in [2.45, 2.75) is 38.5 Å². The first-order valence-electron chi connectivity index (χ1n) is 17.3. The maximum Gasteiger partial charge on any atom is 0.0700 e. The van der Waals surface area contributed by atoms with Crippen LogP contribution in [0.4, 0.5) is 0 Å². The van der Waals surface area contributed by atoms with E-state index in [2.05, 4.69) is 169 Å². The third kappa shape index (κ3) is 4.71. The van der Waals surface area contributed by atoms with Gasteiger partial charge in [-0.05, 0) is 102 Å². The molecule has 2 heterocycles. The van der Waals surface area contributed by atoms with Gasteiger partial charge in [-0.15, -0.1) is 0 Å². The molecule has 0 amide bonds. The smallest absolute Gasteiger partial charge is 0.0700 e. The zero-order valence-electron chi connectivity index (χ0n) is 27.9. The molecule has 1 unspecified atom stereocenters. The molecular formula is C46H37N3. The van der Waals surface area contributed by atoms with Crippen molar-refractivity contribution in [3.63, 3.8) is 0 Å². The van der Waals surface area contributed by atoms with E-state index in [9.17, 15) is 5.26 Å². The van der Waals surface area contributed by atoms with Crippen molar-refractivity contribution in [1.29, 1.82) is 5.26 Å². The predicted octanol–water partition coefficient (Wildman–Crippen LogP) is 11.6. The number of para-hydroxylation sites is 1. The first-order chi connectivity index (χ1) is 24.0. The minimum Gasteiger partial charge on any atom is -0.310 e. The molecule has 9 rings (SSSR count). The molecule has 0 bridgehead atoms. The largest absolute Gasteiger partial charge is 0.310 e. The second-order valence-corrected chi connectivity index (χ2v) is 14.0. The highest BCUT2D eigenvalue weighted by Gasteiger charge is 2.24. The Labute approximate surface area is 287 Å². The van der Waals surface area contributed by atoms with Crippen molar-refractivity contribution in [3.8, 4) is 22.9 Å². The summed E-state index contributed by atoms with van der Waals surface area (Å²) in [6.07, 6.45) is 13.8. The number of aryl methyl sites for hydroxylation is 1. The summed E-state index contributed by atoms with van der Waals surface area (Å²) < 4.78 is 4.79. The van der Waals surface area contributed by atoms with Crippen LogP contribution in [-0.2, 0) is 11.8 Å². The maximum atomic E-state index is 9.41. The van der Waals surface area contributed by atoms with Gasteiger partial charge in [0.2, 0.25) is 0 Å². The molecule has 236 valence electrons. The van der Waals surface area contributed by atoms with E-state index in [0.717, 1.165) is 25.0 Å². The van der Waals surface area contributed by atoms with Crippen molar-refractivity contribution in [2.75, 3.05) is 0 Å². The number of allylic oxidation sites excluding steroid dienone is 5. The Hall–Kier alpha value is -5.85.